The minimum Gasteiger partial charge on any atom is -0.454 e. The van der Waals surface area contributed by atoms with Crippen molar-refractivity contribution in [3.63, 3.8) is 0 Å². The van der Waals surface area contributed by atoms with Crippen molar-refractivity contribution >= 4 is 85.2 Å². The van der Waals surface area contributed by atoms with Crippen molar-refractivity contribution in [2.24, 2.45) is 5.92 Å². The maximum Gasteiger partial charge on any atom is 0.333 e. The van der Waals surface area contributed by atoms with E-state index in [1.54, 1.807) is 0 Å². The molecule has 3 aliphatic heterocycles. The van der Waals surface area contributed by atoms with Gasteiger partial charge in [-0.05, 0) is 186 Å². The summed E-state index contributed by atoms with van der Waals surface area (Å²) >= 11 is 0. The fraction of sp³-hybridized carbons (Fsp3) is 0.172. The van der Waals surface area contributed by atoms with Crippen molar-refractivity contribution in [3.8, 4) is 33.4 Å². The van der Waals surface area contributed by atoms with Gasteiger partial charge in [-0.3, -0.25) is 0 Å². The van der Waals surface area contributed by atoms with Gasteiger partial charge in [-0.1, -0.05) is 254 Å². The normalized spacial score (nSPS) is 17.3. The first kappa shape index (κ1) is 54.8. The van der Waals surface area contributed by atoms with Crippen LogP contribution in [-0.4, -0.2) is 6.85 Å². The minimum atomic E-state index is -0.723. The van der Waals surface area contributed by atoms with Crippen LogP contribution in [0.3, 0.4) is 0 Å². The van der Waals surface area contributed by atoms with Crippen molar-refractivity contribution in [2.45, 2.75) is 88.9 Å². The van der Waals surface area contributed by atoms with Crippen LogP contribution < -0.4 is 25.5 Å². The summed E-state index contributed by atoms with van der Waals surface area (Å²) in [6.07, 6.45) is 6.02. The lowest BCUT2D eigenvalue weighted by molar-refractivity contribution is 0.331. The molecule has 92 heavy (non-hydrogen) atoms. The van der Waals surface area contributed by atoms with Crippen LogP contribution in [0.25, 0.3) is 55.3 Å². The van der Waals surface area contributed by atoms with Crippen molar-refractivity contribution in [1.82, 2.24) is 0 Å². The lowest BCUT2D eigenvalue weighted by Gasteiger charge is -2.53. The van der Waals surface area contributed by atoms with E-state index in [9.17, 15) is 0 Å². The molecular weight excluding hydrogens is 1110 g/mol. The molecule has 0 saturated heterocycles. The van der Waals surface area contributed by atoms with Crippen LogP contribution in [0.2, 0.25) is 0 Å². The third kappa shape index (κ3) is 8.23. The molecule has 0 N–H and O–H groups in total. The number of furan rings is 1. The number of nitrogens with zero attached hydrogens (tertiary/aromatic N) is 3. The predicted octanol–water partition coefficient (Wildman–Crippen LogP) is 22.0. The summed E-state index contributed by atoms with van der Waals surface area (Å²) < 4.78 is 7.51. The van der Waals surface area contributed by atoms with Crippen molar-refractivity contribution < 1.29 is 4.42 Å². The van der Waals surface area contributed by atoms with E-state index in [1.807, 2.05) is 0 Å². The molecule has 1 aromatic heterocycles. The molecule has 4 heterocycles. The van der Waals surface area contributed by atoms with Crippen LogP contribution in [0.4, 0.5) is 45.5 Å². The molecule has 0 radical (unpaired) electrons. The Balaban J connectivity index is 0.947. The van der Waals surface area contributed by atoms with Crippen LogP contribution in [-0.2, 0) is 16.2 Å². The van der Waals surface area contributed by atoms with Gasteiger partial charge in [0.2, 0.25) is 0 Å². The Morgan fingerprint density at radius 1 is 0.467 bits per heavy atom. The summed E-state index contributed by atoms with van der Waals surface area (Å²) in [4.78, 5) is 7.89. The van der Waals surface area contributed by atoms with Crippen molar-refractivity contribution in [2.75, 3.05) is 14.6 Å². The first-order valence-electron chi connectivity index (χ1n) is 33.4. The molecule has 2 atom stereocenters. The molecule has 0 bridgehead atoms. The first-order chi connectivity index (χ1) is 45.1. The molecule has 0 spiro atoms. The molecule has 444 valence electrons. The van der Waals surface area contributed by atoms with Gasteiger partial charge in [-0.25, -0.2) is 0 Å². The molecule has 2 unspecified atom stereocenters. The summed E-state index contributed by atoms with van der Waals surface area (Å²) in [5.74, 6) is 1.41. The molecule has 2 aliphatic carbocycles. The monoisotopic (exact) mass is 1190 g/mol. The van der Waals surface area contributed by atoms with Gasteiger partial charge in [0.15, 0.2) is 5.58 Å². The SMILES string of the molecule is CCCC1CC1c1ccc(N(c2ccc(-c3ccccc3)cc2)c2ccc3c(c2)N(c2ccc(-c4ccccc4)cc2)B2c4cccc5c4N(c4cc6c(cc4C5(c4ccccc4)c4ccccc4)C(C)(C)CCC6(C)C)c4c2c-3cc2c4oc3ccccc32)cc1. The number of fused-ring (bicyclic) bond motifs is 11. The van der Waals surface area contributed by atoms with Gasteiger partial charge >= 0.3 is 6.85 Å². The first-order valence-corrected chi connectivity index (χ1v) is 33.4. The van der Waals surface area contributed by atoms with Gasteiger partial charge < -0.3 is 19.0 Å². The maximum absolute atomic E-state index is 7.51. The van der Waals surface area contributed by atoms with Gasteiger partial charge in [0.25, 0.3) is 0 Å². The molecule has 1 saturated carbocycles. The van der Waals surface area contributed by atoms with Crippen LogP contribution >= 0.6 is 0 Å². The Hall–Kier alpha value is -10.1. The summed E-state index contributed by atoms with van der Waals surface area (Å²) in [6, 6.07) is 104. The van der Waals surface area contributed by atoms with Crippen LogP contribution in [0.15, 0.2) is 277 Å². The lowest BCUT2D eigenvalue weighted by atomic mass is 9.42. The second-order valence-electron chi connectivity index (χ2n) is 28.0. The maximum atomic E-state index is 7.51. The number of hydrogen-bond donors (Lipinski definition) is 0. The highest BCUT2D eigenvalue weighted by atomic mass is 16.3. The highest BCUT2D eigenvalue weighted by molar-refractivity contribution is 6.94. The Morgan fingerprint density at radius 3 is 1.67 bits per heavy atom. The van der Waals surface area contributed by atoms with E-state index in [0.717, 1.165) is 74.8 Å². The highest BCUT2D eigenvalue weighted by Gasteiger charge is 2.55. The largest absolute Gasteiger partial charge is 0.454 e. The third-order valence-corrected chi connectivity index (χ3v) is 21.9. The van der Waals surface area contributed by atoms with Gasteiger partial charge in [0.1, 0.15) is 5.58 Å². The quantitative estimate of drug-likeness (QED) is 0.120. The van der Waals surface area contributed by atoms with Crippen LogP contribution in [0.5, 0.6) is 0 Å². The second-order valence-corrected chi connectivity index (χ2v) is 28.0. The zero-order chi connectivity index (χ0) is 61.6. The van der Waals surface area contributed by atoms with E-state index in [0.29, 0.717) is 5.92 Å². The molecule has 5 aliphatic rings. The molecule has 13 aromatic rings. The third-order valence-electron chi connectivity index (χ3n) is 21.9. The lowest BCUT2D eigenvalue weighted by Crippen LogP contribution is -2.62. The van der Waals surface area contributed by atoms with Gasteiger partial charge in [0.05, 0.1) is 16.8 Å². The number of rotatable bonds is 11. The van der Waals surface area contributed by atoms with E-state index in [4.69, 9.17) is 4.42 Å². The van der Waals surface area contributed by atoms with E-state index in [1.165, 1.54) is 114 Å². The standard InChI is InChI=1S/C87H72BN3O/c1-6-22-61-51-70(61)60-39-43-65(44-40-60)89(64-41-35-58(36-42-64)56-23-11-7-12-24-56)67-47-48-68-71-53-72-69-31-19-20-34-80(69)92-84(72)83-81(71)88(91(78(68)52-67)66-45-37-59(38-46-66)57-25-13-8-14-26-57)77-33-21-32-73-82(77)90(83)79-55-75-74(85(2,3)49-50-86(75,4)5)54-76(79)87(73,62-27-15-9-16-28-62)63-29-17-10-18-30-63/h7-21,23-48,52-55,61,70H,6,22,49-51H2,1-5H3. The van der Waals surface area contributed by atoms with Gasteiger partial charge in [0, 0.05) is 50.5 Å². The molecule has 1 fully saturated rings. The highest BCUT2D eigenvalue weighted by Crippen LogP contribution is 2.63. The zero-order valence-corrected chi connectivity index (χ0v) is 53.0. The molecule has 5 heteroatoms. The number of para-hydroxylation sites is 2. The minimum absolute atomic E-state index is 0.0513. The average Bonchev–Trinajstić information content (AvgIpc) is 0.840. The fourth-order valence-corrected chi connectivity index (χ4v) is 17.1. The van der Waals surface area contributed by atoms with E-state index in [2.05, 4.69) is 322 Å². The Kier molecular flexibility index (Phi) is 12.3. The number of benzene rings is 12. The summed E-state index contributed by atoms with van der Waals surface area (Å²) in [7, 11) is 0. The second kappa shape index (κ2) is 20.7. The Bertz CT molecular complexity index is 5000. The molecule has 0 amide bonds. The average molecular weight is 1190 g/mol. The zero-order valence-electron chi connectivity index (χ0n) is 53.0. The smallest absolute Gasteiger partial charge is 0.333 e. The van der Waals surface area contributed by atoms with E-state index >= 15 is 0 Å². The molecule has 12 aromatic carbocycles. The Morgan fingerprint density at radius 2 is 1.03 bits per heavy atom. The fourth-order valence-electron chi connectivity index (χ4n) is 17.1. The van der Waals surface area contributed by atoms with Crippen LogP contribution in [0.1, 0.15) is 112 Å². The molecule has 18 rings (SSSR count). The van der Waals surface area contributed by atoms with Gasteiger partial charge in [-0.15, -0.1) is 0 Å². The summed E-state index contributed by atoms with van der Waals surface area (Å²) in [5, 5.41) is 2.23. The predicted molar refractivity (Wildman–Crippen MR) is 386 cm³/mol. The van der Waals surface area contributed by atoms with E-state index in [-0.39, 0.29) is 17.7 Å². The van der Waals surface area contributed by atoms with Crippen molar-refractivity contribution in [3.05, 3.63) is 312 Å². The van der Waals surface area contributed by atoms with Gasteiger partial charge in [-0.2, -0.15) is 0 Å². The molecule has 4 nitrogen and oxygen atoms in total. The number of anilines is 8. The van der Waals surface area contributed by atoms with Crippen LogP contribution in [0, 0.1) is 5.92 Å². The van der Waals surface area contributed by atoms with Crippen molar-refractivity contribution in [1.29, 1.82) is 0 Å². The van der Waals surface area contributed by atoms with E-state index < -0.39 is 5.41 Å². The summed E-state index contributed by atoms with van der Waals surface area (Å²) in [6.45, 7) is 11.9. The topological polar surface area (TPSA) is 22.9 Å². The number of hydrogen-bond acceptors (Lipinski definition) is 4. The molecular formula is C87H72BN3O. The Labute approximate surface area is 541 Å². The summed E-state index contributed by atoms with van der Waals surface area (Å²) in [5.41, 5.74) is 29.1.